The number of fused-ring (bicyclic) bond motifs is 1. The second kappa shape index (κ2) is 6.36. The molecule has 0 aliphatic rings. The van der Waals surface area contributed by atoms with Gasteiger partial charge in [0.2, 0.25) is 5.43 Å². The molecule has 0 unspecified atom stereocenters. The summed E-state index contributed by atoms with van der Waals surface area (Å²) >= 11 is 0. The third-order valence-corrected chi connectivity index (χ3v) is 4.28. The Morgan fingerprint density at radius 3 is 2.54 bits per heavy atom. The molecule has 1 aromatic carbocycles. The number of hydrogen-bond donors (Lipinski definition) is 1. The fraction of sp³-hybridized carbons (Fsp3) is 0.333. The Morgan fingerprint density at radius 1 is 1.23 bits per heavy atom. The van der Waals surface area contributed by atoms with Crippen molar-refractivity contribution < 1.29 is 9.18 Å². The number of halogens is 1. The molecule has 8 heteroatoms. The predicted octanol–water partition coefficient (Wildman–Crippen LogP) is 2.72. The van der Waals surface area contributed by atoms with Crippen LogP contribution >= 0.6 is 0 Å². The van der Waals surface area contributed by atoms with Gasteiger partial charge in [-0.15, -0.1) is 0 Å². The van der Waals surface area contributed by atoms with E-state index in [2.05, 4.69) is 15.5 Å². The van der Waals surface area contributed by atoms with Gasteiger partial charge in [-0.2, -0.15) is 10.2 Å². The van der Waals surface area contributed by atoms with Gasteiger partial charge < -0.3 is 5.32 Å². The fourth-order valence-electron chi connectivity index (χ4n) is 3.02. The van der Waals surface area contributed by atoms with Crippen molar-refractivity contribution in [3.8, 4) is 0 Å². The van der Waals surface area contributed by atoms with Gasteiger partial charge in [-0.25, -0.2) is 4.39 Å². The maximum Gasteiger partial charge on any atom is 0.280 e. The van der Waals surface area contributed by atoms with Gasteiger partial charge in [-0.1, -0.05) is 0 Å². The molecule has 0 fully saturated rings. The molecule has 1 N–H and O–H groups in total. The standard InChI is InChI=1S/C18H20FN5O2/c1-9(2)24-11(4)15(10(3)21-24)20-18(26)16-17(25)13-8-12(19)6-7-14(13)23(5)22-16/h6-9H,1-5H3,(H,20,26). The van der Waals surface area contributed by atoms with Crippen molar-refractivity contribution >= 4 is 22.5 Å². The monoisotopic (exact) mass is 357 g/mol. The lowest BCUT2D eigenvalue weighted by molar-refractivity contribution is 0.101. The summed E-state index contributed by atoms with van der Waals surface area (Å²) < 4.78 is 16.7. The molecule has 2 heterocycles. The normalized spacial score (nSPS) is 11.3. The van der Waals surface area contributed by atoms with Gasteiger partial charge in [0.1, 0.15) is 5.82 Å². The quantitative estimate of drug-likeness (QED) is 0.781. The Bertz CT molecular complexity index is 1080. The summed E-state index contributed by atoms with van der Waals surface area (Å²) in [5, 5.41) is 11.3. The number of rotatable bonds is 3. The Kier molecular flexibility index (Phi) is 4.35. The Labute approximate surface area is 149 Å². The van der Waals surface area contributed by atoms with Gasteiger partial charge in [0.05, 0.1) is 28.0 Å². The number of aryl methyl sites for hydroxylation is 2. The molecule has 0 bridgehead atoms. The molecule has 3 aromatic rings. The summed E-state index contributed by atoms with van der Waals surface area (Å²) in [6, 6.07) is 3.95. The van der Waals surface area contributed by atoms with Crippen LogP contribution in [0.15, 0.2) is 23.0 Å². The van der Waals surface area contributed by atoms with Gasteiger partial charge in [0.25, 0.3) is 5.91 Å². The highest BCUT2D eigenvalue weighted by Crippen LogP contribution is 2.22. The highest BCUT2D eigenvalue weighted by atomic mass is 19.1. The highest BCUT2D eigenvalue weighted by Gasteiger charge is 2.21. The van der Waals surface area contributed by atoms with Crippen LogP contribution in [0.4, 0.5) is 10.1 Å². The number of benzene rings is 1. The van der Waals surface area contributed by atoms with Gasteiger partial charge in [0, 0.05) is 13.1 Å². The lowest BCUT2D eigenvalue weighted by Gasteiger charge is -2.10. The zero-order valence-electron chi connectivity index (χ0n) is 15.3. The summed E-state index contributed by atoms with van der Waals surface area (Å²) in [6.45, 7) is 7.60. The number of aromatic nitrogens is 4. The molecule has 0 aliphatic heterocycles. The van der Waals surface area contributed by atoms with E-state index in [1.165, 1.54) is 16.8 Å². The van der Waals surface area contributed by atoms with Gasteiger partial charge >= 0.3 is 0 Å². The molecule has 3 rings (SSSR count). The van der Waals surface area contributed by atoms with E-state index in [4.69, 9.17) is 0 Å². The van der Waals surface area contributed by atoms with E-state index in [1.54, 1.807) is 18.7 Å². The van der Waals surface area contributed by atoms with Crippen LogP contribution in [0.5, 0.6) is 0 Å². The number of carbonyl (C=O) groups is 1. The first-order valence-corrected chi connectivity index (χ1v) is 8.24. The van der Waals surface area contributed by atoms with E-state index in [0.717, 1.165) is 11.8 Å². The number of nitrogens with zero attached hydrogens (tertiary/aromatic N) is 4. The summed E-state index contributed by atoms with van der Waals surface area (Å²) in [5.41, 5.74) is 1.53. The smallest absolute Gasteiger partial charge is 0.280 e. The summed E-state index contributed by atoms with van der Waals surface area (Å²) in [6.07, 6.45) is 0. The van der Waals surface area contributed by atoms with Gasteiger partial charge in [-0.3, -0.25) is 19.0 Å². The van der Waals surface area contributed by atoms with Crippen LogP contribution in [0.3, 0.4) is 0 Å². The summed E-state index contributed by atoms with van der Waals surface area (Å²) in [4.78, 5) is 25.3. The third-order valence-electron chi connectivity index (χ3n) is 4.28. The Morgan fingerprint density at radius 2 is 1.92 bits per heavy atom. The van der Waals surface area contributed by atoms with Crippen LogP contribution in [0.2, 0.25) is 0 Å². The minimum Gasteiger partial charge on any atom is -0.317 e. The van der Waals surface area contributed by atoms with Crippen LogP contribution in [0.25, 0.3) is 10.9 Å². The van der Waals surface area contributed by atoms with E-state index in [1.807, 2.05) is 20.8 Å². The molecule has 0 spiro atoms. The Balaban J connectivity index is 2.07. The minimum atomic E-state index is -0.647. The van der Waals surface area contributed by atoms with E-state index >= 15 is 0 Å². The molecule has 136 valence electrons. The molecular formula is C18H20FN5O2. The first kappa shape index (κ1) is 17.8. The molecule has 0 saturated heterocycles. The second-order valence-electron chi connectivity index (χ2n) is 6.50. The average molecular weight is 357 g/mol. The van der Waals surface area contributed by atoms with Crippen molar-refractivity contribution in [3.05, 3.63) is 51.3 Å². The summed E-state index contributed by atoms with van der Waals surface area (Å²) in [5.74, 6) is -1.19. The van der Waals surface area contributed by atoms with Crippen molar-refractivity contribution in [1.82, 2.24) is 19.6 Å². The number of hydrogen-bond acceptors (Lipinski definition) is 4. The summed E-state index contributed by atoms with van der Waals surface area (Å²) in [7, 11) is 1.60. The third kappa shape index (κ3) is 2.87. The zero-order chi connectivity index (χ0) is 19.2. The number of anilines is 1. The maximum atomic E-state index is 13.5. The van der Waals surface area contributed by atoms with Crippen molar-refractivity contribution in [1.29, 1.82) is 0 Å². The van der Waals surface area contributed by atoms with E-state index in [9.17, 15) is 14.0 Å². The van der Waals surface area contributed by atoms with Crippen molar-refractivity contribution in [3.63, 3.8) is 0 Å². The van der Waals surface area contributed by atoms with Gasteiger partial charge in [0.15, 0.2) is 5.69 Å². The molecule has 0 radical (unpaired) electrons. The first-order valence-electron chi connectivity index (χ1n) is 8.24. The molecule has 0 aliphatic carbocycles. The van der Waals surface area contributed by atoms with Crippen LogP contribution in [0, 0.1) is 19.7 Å². The van der Waals surface area contributed by atoms with Crippen molar-refractivity contribution in [2.75, 3.05) is 5.32 Å². The number of amides is 1. The molecule has 7 nitrogen and oxygen atoms in total. The average Bonchev–Trinajstić information content (AvgIpc) is 2.86. The molecule has 0 saturated carbocycles. The minimum absolute atomic E-state index is 0.110. The van der Waals surface area contributed by atoms with Gasteiger partial charge in [-0.05, 0) is 45.9 Å². The fourth-order valence-corrected chi connectivity index (χ4v) is 3.02. The van der Waals surface area contributed by atoms with E-state index in [-0.39, 0.29) is 17.1 Å². The maximum absolute atomic E-state index is 13.5. The van der Waals surface area contributed by atoms with Crippen molar-refractivity contribution in [2.24, 2.45) is 7.05 Å². The predicted molar refractivity (Wildman–Crippen MR) is 97.0 cm³/mol. The van der Waals surface area contributed by atoms with E-state index < -0.39 is 17.2 Å². The van der Waals surface area contributed by atoms with E-state index in [0.29, 0.717) is 16.9 Å². The van der Waals surface area contributed by atoms with Crippen molar-refractivity contribution in [2.45, 2.75) is 33.7 Å². The first-order chi connectivity index (χ1) is 12.2. The second-order valence-corrected chi connectivity index (χ2v) is 6.50. The lowest BCUT2D eigenvalue weighted by atomic mass is 10.2. The SMILES string of the molecule is Cc1nn(C(C)C)c(C)c1NC(=O)c1nn(C)c2ccc(F)cc2c1=O. The van der Waals surface area contributed by atoms with Crippen LogP contribution in [0.1, 0.15) is 41.8 Å². The zero-order valence-corrected chi connectivity index (χ0v) is 15.3. The highest BCUT2D eigenvalue weighted by molar-refractivity contribution is 6.04. The number of nitrogens with one attached hydrogen (secondary N) is 1. The van der Waals surface area contributed by atoms with Crippen LogP contribution in [-0.4, -0.2) is 25.5 Å². The number of carbonyl (C=O) groups excluding carboxylic acids is 1. The largest absolute Gasteiger partial charge is 0.317 e. The lowest BCUT2D eigenvalue weighted by Crippen LogP contribution is -2.27. The topological polar surface area (TPSA) is 81.8 Å². The molecular weight excluding hydrogens is 337 g/mol. The molecule has 0 atom stereocenters. The van der Waals surface area contributed by atoms with Crippen LogP contribution < -0.4 is 10.7 Å². The molecule has 1 amide bonds. The Hall–Kier alpha value is -3.03. The van der Waals surface area contributed by atoms with Crippen LogP contribution in [-0.2, 0) is 7.05 Å². The molecule has 2 aromatic heterocycles. The molecule has 26 heavy (non-hydrogen) atoms.